The van der Waals surface area contributed by atoms with E-state index in [1.54, 1.807) is 4.52 Å². The van der Waals surface area contributed by atoms with E-state index >= 15 is 0 Å². The van der Waals surface area contributed by atoms with E-state index in [-0.39, 0.29) is 6.61 Å². The van der Waals surface area contributed by atoms with Gasteiger partial charge in [0.1, 0.15) is 5.01 Å². The van der Waals surface area contributed by atoms with E-state index in [0.717, 1.165) is 33.5 Å². The fourth-order valence-corrected chi connectivity index (χ4v) is 2.79. The topological polar surface area (TPSA) is 75.3 Å². The molecule has 1 aromatic carbocycles. The Bertz CT molecular complexity index is 703. The van der Waals surface area contributed by atoms with Crippen LogP contribution in [0.4, 0.5) is 5.69 Å². The Morgan fingerprint density at radius 2 is 2.05 bits per heavy atom. The van der Waals surface area contributed by atoms with Crippen LogP contribution in [0.2, 0.25) is 0 Å². The molecule has 0 atom stereocenters. The first-order chi connectivity index (χ1) is 9.81. The van der Waals surface area contributed by atoms with Gasteiger partial charge in [-0.05, 0) is 24.3 Å². The maximum Gasteiger partial charge on any atom is 0.234 e. The number of aryl methyl sites for hydroxylation is 1. The smallest absolute Gasteiger partial charge is 0.234 e. The van der Waals surface area contributed by atoms with Crippen LogP contribution in [0.1, 0.15) is 12.7 Å². The first kappa shape index (κ1) is 13.0. The van der Waals surface area contributed by atoms with Crippen LogP contribution in [0.5, 0.6) is 0 Å². The number of aromatic nitrogens is 4. The molecule has 0 spiro atoms. The van der Waals surface area contributed by atoms with Crippen LogP contribution in [-0.4, -0.2) is 38.1 Å². The number of rotatable bonds is 5. The van der Waals surface area contributed by atoms with Crippen molar-refractivity contribution in [3.63, 3.8) is 0 Å². The normalized spacial score (nSPS) is 11.1. The highest BCUT2D eigenvalue weighted by Crippen LogP contribution is 2.26. The number of benzene rings is 1. The molecule has 104 valence electrons. The highest BCUT2D eigenvalue weighted by Gasteiger charge is 2.11. The molecule has 0 saturated heterocycles. The van der Waals surface area contributed by atoms with Gasteiger partial charge in [0.15, 0.2) is 5.82 Å². The molecule has 0 bridgehead atoms. The maximum atomic E-state index is 8.78. The number of fused-ring (bicyclic) bond motifs is 1. The molecule has 7 heteroatoms. The van der Waals surface area contributed by atoms with Gasteiger partial charge in [-0.1, -0.05) is 18.3 Å². The number of anilines is 1. The lowest BCUT2D eigenvalue weighted by atomic mass is 10.2. The van der Waals surface area contributed by atoms with Gasteiger partial charge in [-0.2, -0.15) is 9.61 Å². The van der Waals surface area contributed by atoms with Crippen molar-refractivity contribution >= 4 is 22.0 Å². The van der Waals surface area contributed by atoms with Crippen molar-refractivity contribution in [3.05, 3.63) is 30.1 Å². The van der Waals surface area contributed by atoms with Crippen molar-refractivity contribution < 1.29 is 5.11 Å². The van der Waals surface area contributed by atoms with Crippen molar-refractivity contribution in [1.82, 2.24) is 19.8 Å². The van der Waals surface area contributed by atoms with Crippen molar-refractivity contribution in [2.45, 2.75) is 13.3 Å². The molecule has 0 unspecified atom stereocenters. The van der Waals surface area contributed by atoms with E-state index in [0.29, 0.717) is 6.54 Å². The molecule has 0 aliphatic heterocycles. The SMILES string of the molecule is CCc1nnc2sc(-c3ccc(NCCO)cc3)nn12. The molecular weight excluding hydrogens is 274 g/mol. The van der Waals surface area contributed by atoms with Gasteiger partial charge in [0, 0.05) is 24.2 Å². The van der Waals surface area contributed by atoms with Crippen molar-refractivity contribution in [2.75, 3.05) is 18.5 Å². The van der Waals surface area contributed by atoms with Crippen molar-refractivity contribution in [1.29, 1.82) is 0 Å². The molecule has 6 nitrogen and oxygen atoms in total. The Morgan fingerprint density at radius 1 is 1.25 bits per heavy atom. The quantitative estimate of drug-likeness (QED) is 0.749. The third-order valence-electron chi connectivity index (χ3n) is 2.94. The van der Waals surface area contributed by atoms with Gasteiger partial charge >= 0.3 is 0 Å². The lowest BCUT2D eigenvalue weighted by molar-refractivity contribution is 0.311. The molecule has 0 aliphatic carbocycles. The fraction of sp³-hybridized carbons (Fsp3) is 0.308. The zero-order valence-electron chi connectivity index (χ0n) is 11.1. The van der Waals surface area contributed by atoms with E-state index in [1.807, 2.05) is 31.2 Å². The van der Waals surface area contributed by atoms with E-state index < -0.39 is 0 Å². The molecule has 0 fully saturated rings. The van der Waals surface area contributed by atoms with Crippen LogP contribution in [0, 0.1) is 0 Å². The number of aliphatic hydroxyl groups excluding tert-OH is 1. The zero-order chi connectivity index (χ0) is 13.9. The predicted molar refractivity (Wildman–Crippen MR) is 79.0 cm³/mol. The first-order valence-electron chi connectivity index (χ1n) is 6.48. The molecule has 0 saturated carbocycles. The third kappa shape index (κ3) is 2.37. The average Bonchev–Trinajstić information content (AvgIpc) is 3.05. The predicted octanol–water partition coefficient (Wildman–Crippen LogP) is 1.82. The first-order valence-corrected chi connectivity index (χ1v) is 7.29. The van der Waals surface area contributed by atoms with Gasteiger partial charge in [0.25, 0.3) is 0 Å². The second-order valence-corrected chi connectivity index (χ2v) is 5.26. The summed E-state index contributed by atoms with van der Waals surface area (Å²) in [5.41, 5.74) is 2.04. The Balaban J connectivity index is 1.88. The van der Waals surface area contributed by atoms with Gasteiger partial charge < -0.3 is 10.4 Å². The number of nitrogens with one attached hydrogen (secondary N) is 1. The van der Waals surface area contributed by atoms with Crippen LogP contribution in [0.15, 0.2) is 24.3 Å². The molecule has 0 amide bonds. The van der Waals surface area contributed by atoms with Gasteiger partial charge in [-0.3, -0.25) is 0 Å². The number of aliphatic hydroxyl groups is 1. The summed E-state index contributed by atoms with van der Waals surface area (Å²) in [6.45, 7) is 2.71. The summed E-state index contributed by atoms with van der Waals surface area (Å²) in [5, 5.41) is 25.6. The lowest BCUT2D eigenvalue weighted by Crippen LogP contribution is -2.04. The molecule has 0 radical (unpaired) electrons. The molecule has 0 aliphatic rings. The average molecular weight is 289 g/mol. The molecule has 3 rings (SSSR count). The summed E-state index contributed by atoms with van der Waals surface area (Å²) in [6.07, 6.45) is 0.814. The summed E-state index contributed by atoms with van der Waals surface area (Å²) >= 11 is 1.53. The minimum absolute atomic E-state index is 0.123. The fourth-order valence-electron chi connectivity index (χ4n) is 1.93. The molecule has 2 N–H and O–H groups in total. The third-order valence-corrected chi connectivity index (χ3v) is 3.89. The Kier molecular flexibility index (Phi) is 3.62. The summed E-state index contributed by atoms with van der Waals surface area (Å²) < 4.78 is 1.80. The second-order valence-electron chi connectivity index (χ2n) is 4.30. The van der Waals surface area contributed by atoms with Gasteiger partial charge in [0.05, 0.1) is 6.61 Å². The molecular formula is C13H15N5OS. The summed E-state index contributed by atoms with van der Waals surface area (Å²) in [7, 11) is 0. The largest absolute Gasteiger partial charge is 0.395 e. The molecule has 2 heterocycles. The van der Waals surface area contributed by atoms with Crippen LogP contribution in [0.25, 0.3) is 15.5 Å². The number of hydrogen-bond donors (Lipinski definition) is 2. The van der Waals surface area contributed by atoms with Crippen LogP contribution in [-0.2, 0) is 6.42 Å². The standard InChI is InChI=1S/C13H15N5OS/c1-2-11-15-16-13-18(11)17-12(20-13)9-3-5-10(6-4-9)14-7-8-19/h3-6,14,19H,2,7-8H2,1H3. The summed E-state index contributed by atoms with van der Waals surface area (Å²) in [4.78, 5) is 0.819. The van der Waals surface area contributed by atoms with Crippen LogP contribution >= 0.6 is 11.3 Å². The Hall–Kier alpha value is -1.99. The Labute approximate surface area is 120 Å². The van der Waals surface area contributed by atoms with E-state index in [4.69, 9.17) is 5.11 Å². The molecule has 20 heavy (non-hydrogen) atoms. The molecule has 2 aromatic heterocycles. The van der Waals surface area contributed by atoms with E-state index in [9.17, 15) is 0 Å². The highest BCUT2D eigenvalue weighted by molar-refractivity contribution is 7.19. The summed E-state index contributed by atoms with van der Waals surface area (Å²) in [5.74, 6) is 0.878. The number of nitrogens with zero attached hydrogens (tertiary/aromatic N) is 4. The minimum atomic E-state index is 0.123. The zero-order valence-corrected chi connectivity index (χ0v) is 11.9. The maximum absolute atomic E-state index is 8.78. The van der Waals surface area contributed by atoms with Crippen molar-refractivity contribution in [3.8, 4) is 10.6 Å². The van der Waals surface area contributed by atoms with Crippen molar-refractivity contribution in [2.24, 2.45) is 0 Å². The second kappa shape index (κ2) is 5.56. The highest BCUT2D eigenvalue weighted by atomic mass is 32.1. The van der Waals surface area contributed by atoms with Gasteiger partial charge in [0.2, 0.25) is 4.96 Å². The Morgan fingerprint density at radius 3 is 2.75 bits per heavy atom. The minimum Gasteiger partial charge on any atom is -0.395 e. The van der Waals surface area contributed by atoms with Gasteiger partial charge in [-0.25, -0.2) is 0 Å². The van der Waals surface area contributed by atoms with Gasteiger partial charge in [-0.15, -0.1) is 10.2 Å². The summed E-state index contributed by atoms with van der Waals surface area (Å²) in [6, 6.07) is 7.98. The van der Waals surface area contributed by atoms with Crippen LogP contribution in [0.3, 0.4) is 0 Å². The van der Waals surface area contributed by atoms with E-state index in [1.165, 1.54) is 11.3 Å². The monoisotopic (exact) mass is 289 g/mol. The van der Waals surface area contributed by atoms with Crippen LogP contribution < -0.4 is 5.32 Å². The lowest BCUT2D eigenvalue weighted by Gasteiger charge is -2.04. The van der Waals surface area contributed by atoms with E-state index in [2.05, 4.69) is 20.6 Å². The number of hydrogen-bond acceptors (Lipinski definition) is 6. The molecule has 3 aromatic rings.